The molecule has 0 spiro atoms. The summed E-state index contributed by atoms with van der Waals surface area (Å²) >= 11 is 0. The van der Waals surface area contributed by atoms with E-state index in [4.69, 9.17) is 10.5 Å². The highest BCUT2D eigenvalue weighted by molar-refractivity contribution is 7.89. The Hall–Kier alpha value is -1.18. The maximum Gasteiger partial charge on any atom is 0.245 e. The van der Waals surface area contributed by atoms with Gasteiger partial charge in [-0.2, -0.15) is 4.31 Å². The van der Waals surface area contributed by atoms with Crippen LogP contribution in [0, 0.1) is 12.7 Å². The van der Waals surface area contributed by atoms with Crippen LogP contribution in [0.25, 0.3) is 0 Å². The summed E-state index contributed by atoms with van der Waals surface area (Å²) in [5, 5.41) is 0. The Labute approximate surface area is 106 Å². The number of hydrogen-bond donors (Lipinski definition) is 1. The summed E-state index contributed by atoms with van der Waals surface area (Å²) in [6.45, 7) is 1.99. The zero-order chi connectivity index (χ0) is 13.9. The molecule has 0 fully saturated rings. The molecule has 7 heteroatoms. The lowest BCUT2D eigenvalue weighted by Gasteiger charge is -2.17. The molecule has 2 N–H and O–H groups in total. The maximum atomic E-state index is 13.7. The van der Waals surface area contributed by atoms with Crippen molar-refractivity contribution in [3.05, 3.63) is 23.5 Å². The monoisotopic (exact) mass is 276 g/mol. The molecule has 1 aromatic rings. The van der Waals surface area contributed by atoms with Crippen molar-refractivity contribution in [1.29, 1.82) is 0 Å². The minimum absolute atomic E-state index is 0.145. The first kappa shape index (κ1) is 14.9. The number of nitrogens with two attached hydrogens (primary N) is 1. The molecule has 0 aliphatic heterocycles. The molecule has 0 radical (unpaired) electrons. The highest BCUT2D eigenvalue weighted by Gasteiger charge is 2.25. The van der Waals surface area contributed by atoms with E-state index in [0.717, 1.165) is 16.4 Å². The number of hydrogen-bond acceptors (Lipinski definition) is 4. The van der Waals surface area contributed by atoms with Crippen LogP contribution in [-0.2, 0) is 14.8 Å². The second kappa shape index (κ2) is 5.64. The number of aryl methyl sites for hydroxylation is 1. The van der Waals surface area contributed by atoms with Gasteiger partial charge in [-0.15, -0.1) is 0 Å². The maximum absolute atomic E-state index is 13.7. The van der Waals surface area contributed by atoms with Gasteiger partial charge in [0.15, 0.2) is 0 Å². The van der Waals surface area contributed by atoms with E-state index in [9.17, 15) is 12.8 Å². The van der Waals surface area contributed by atoms with Gasteiger partial charge in [-0.25, -0.2) is 12.8 Å². The molecule has 0 unspecified atom stereocenters. The Kier molecular flexibility index (Phi) is 4.66. The van der Waals surface area contributed by atoms with Crippen LogP contribution in [0.2, 0.25) is 0 Å². The Bertz CT molecular complexity index is 531. The van der Waals surface area contributed by atoms with Crippen molar-refractivity contribution in [2.24, 2.45) is 0 Å². The topological polar surface area (TPSA) is 72.6 Å². The van der Waals surface area contributed by atoms with Gasteiger partial charge in [0.2, 0.25) is 10.0 Å². The molecule has 0 aliphatic rings. The molecule has 5 nitrogen and oxygen atoms in total. The van der Waals surface area contributed by atoms with E-state index >= 15 is 0 Å². The Morgan fingerprint density at radius 2 is 2.06 bits per heavy atom. The summed E-state index contributed by atoms with van der Waals surface area (Å²) in [6, 6.07) is 2.26. The van der Waals surface area contributed by atoms with Crippen molar-refractivity contribution in [3.8, 4) is 0 Å². The van der Waals surface area contributed by atoms with Gasteiger partial charge in [-0.05, 0) is 24.6 Å². The van der Waals surface area contributed by atoms with Crippen molar-refractivity contribution in [1.82, 2.24) is 4.31 Å². The lowest BCUT2D eigenvalue weighted by Crippen LogP contribution is -2.30. The number of likely N-dealkylation sites (N-methyl/N-ethyl adjacent to an activating group) is 1. The van der Waals surface area contributed by atoms with Crippen molar-refractivity contribution >= 4 is 15.7 Å². The average molecular weight is 276 g/mol. The van der Waals surface area contributed by atoms with E-state index in [0.29, 0.717) is 5.56 Å². The number of nitrogen functional groups attached to an aromatic ring is 1. The summed E-state index contributed by atoms with van der Waals surface area (Å²) in [7, 11) is -1.05. The zero-order valence-corrected chi connectivity index (χ0v) is 11.4. The fourth-order valence-corrected chi connectivity index (χ4v) is 2.61. The van der Waals surface area contributed by atoms with Gasteiger partial charge >= 0.3 is 0 Å². The van der Waals surface area contributed by atoms with E-state index in [-0.39, 0.29) is 18.8 Å². The van der Waals surface area contributed by atoms with Gasteiger partial charge < -0.3 is 10.5 Å². The summed E-state index contributed by atoms with van der Waals surface area (Å²) in [6.07, 6.45) is 0. The average Bonchev–Trinajstić information content (AvgIpc) is 2.30. The second-order valence-corrected chi connectivity index (χ2v) is 5.97. The summed E-state index contributed by atoms with van der Waals surface area (Å²) in [5.41, 5.74) is 6.36. The van der Waals surface area contributed by atoms with Crippen LogP contribution in [0.4, 0.5) is 10.1 Å². The number of nitrogens with zero attached hydrogens (tertiary/aromatic N) is 1. The molecular weight excluding hydrogens is 259 g/mol. The van der Waals surface area contributed by atoms with Gasteiger partial charge in [0.25, 0.3) is 0 Å². The fourth-order valence-electron chi connectivity index (χ4n) is 1.37. The lowest BCUT2D eigenvalue weighted by atomic mass is 10.2. The highest BCUT2D eigenvalue weighted by Crippen LogP contribution is 2.23. The number of ether oxygens (including phenoxy) is 1. The van der Waals surface area contributed by atoms with Crippen LogP contribution >= 0.6 is 0 Å². The van der Waals surface area contributed by atoms with E-state index in [1.165, 1.54) is 14.2 Å². The first-order valence-electron chi connectivity index (χ1n) is 5.31. The number of halogens is 1. The predicted octanol–water partition coefficient (Wildman–Crippen LogP) is 0.983. The second-order valence-electron chi connectivity index (χ2n) is 3.96. The van der Waals surface area contributed by atoms with Gasteiger partial charge in [-0.1, -0.05) is 0 Å². The molecule has 18 heavy (non-hydrogen) atoms. The van der Waals surface area contributed by atoms with Crippen LogP contribution < -0.4 is 5.73 Å². The van der Waals surface area contributed by atoms with E-state index in [1.807, 2.05) is 0 Å². The van der Waals surface area contributed by atoms with E-state index in [1.54, 1.807) is 6.92 Å². The molecule has 0 bridgehead atoms. The van der Waals surface area contributed by atoms with Crippen molar-refractivity contribution < 1.29 is 17.5 Å². The quantitative estimate of drug-likeness (QED) is 0.814. The van der Waals surface area contributed by atoms with Gasteiger partial charge in [-0.3, -0.25) is 0 Å². The Morgan fingerprint density at radius 3 is 2.61 bits per heavy atom. The van der Waals surface area contributed by atoms with E-state index < -0.39 is 20.7 Å². The van der Waals surface area contributed by atoms with Crippen LogP contribution in [0.5, 0.6) is 0 Å². The lowest BCUT2D eigenvalue weighted by molar-refractivity contribution is 0.185. The summed E-state index contributed by atoms with van der Waals surface area (Å²) in [5.74, 6) is -0.800. The number of rotatable bonds is 5. The molecule has 0 aliphatic carbocycles. The largest absolute Gasteiger partial charge is 0.398 e. The van der Waals surface area contributed by atoms with Crippen LogP contribution in [0.3, 0.4) is 0 Å². The zero-order valence-electron chi connectivity index (χ0n) is 10.6. The van der Waals surface area contributed by atoms with Crippen LogP contribution in [0.1, 0.15) is 5.56 Å². The third kappa shape index (κ3) is 2.98. The molecule has 0 atom stereocenters. The molecule has 1 rings (SSSR count). The van der Waals surface area contributed by atoms with Crippen molar-refractivity contribution in [2.45, 2.75) is 11.8 Å². The van der Waals surface area contributed by atoms with Gasteiger partial charge in [0, 0.05) is 26.4 Å². The highest BCUT2D eigenvalue weighted by atomic mass is 32.2. The Morgan fingerprint density at radius 1 is 1.44 bits per heavy atom. The first-order chi connectivity index (χ1) is 8.30. The number of methoxy groups -OCH3 is 1. The fraction of sp³-hybridized carbons (Fsp3) is 0.455. The molecule has 1 aromatic carbocycles. The molecule has 0 heterocycles. The molecule has 0 amide bonds. The smallest absolute Gasteiger partial charge is 0.245 e. The number of sulfonamides is 1. The molecular formula is C11H17FN2O3S. The van der Waals surface area contributed by atoms with Crippen molar-refractivity contribution in [2.75, 3.05) is 33.0 Å². The number of benzene rings is 1. The van der Waals surface area contributed by atoms with Crippen LogP contribution in [-0.4, -0.2) is 40.0 Å². The minimum atomic E-state index is -3.88. The van der Waals surface area contributed by atoms with E-state index in [2.05, 4.69) is 0 Å². The normalized spacial score (nSPS) is 12.1. The van der Waals surface area contributed by atoms with Crippen molar-refractivity contribution in [3.63, 3.8) is 0 Å². The molecule has 0 aromatic heterocycles. The SMILES string of the molecule is COCCN(C)S(=O)(=O)c1cc(N)c(C)cc1F. The van der Waals surface area contributed by atoms with Crippen LogP contribution in [0.15, 0.2) is 17.0 Å². The molecule has 0 saturated carbocycles. The first-order valence-corrected chi connectivity index (χ1v) is 6.75. The third-order valence-electron chi connectivity index (χ3n) is 2.62. The minimum Gasteiger partial charge on any atom is -0.398 e. The third-order valence-corrected chi connectivity index (χ3v) is 4.49. The summed E-state index contributed by atoms with van der Waals surface area (Å²) in [4.78, 5) is -0.413. The predicted molar refractivity (Wildman–Crippen MR) is 67.2 cm³/mol. The molecule has 0 saturated heterocycles. The summed E-state index contributed by atoms with van der Waals surface area (Å²) < 4.78 is 43.7. The number of anilines is 1. The van der Waals surface area contributed by atoms with Gasteiger partial charge in [0.1, 0.15) is 10.7 Å². The van der Waals surface area contributed by atoms with Gasteiger partial charge in [0.05, 0.1) is 6.61 Å². The standard InChI is InChI=1S/C11H17FN2O3S/c1-8-6-9(12)11(7-10(8)13)18(15,16)14(2)4-5-17-3/h6-7H,4-5,13H2,1-3H3. The molecule has 102 valence electrons. The Balaban J connectivity index is 3.16.